The van der Waals surface area contributed by atoms with E-state index in [-0.39, 0.29) is 11.8 Å². The van der Waals surface area contributed by atoms with Crippen LogP contribution in [0.5, 0.6) is 0 Å². The van der Waals surface area contributed by atoms with Crippen LogP contribution in [0.15, 0.2) is 30.3 Å². The molecule has 2 atom stereocenters. The first-order valence-corrected chi connectivity index (χ1v) is 7.58. The van der Waals surface area contributed by atoms with E-state index in [9.17, 15) is 4.79 Å². The van der Waals surface area contributed by atoms with Gasteiger partial charge < -0.3 is 0 Å². The molecule has 3 rings (SSSR count). The van der Waals surface area contributed by atoms with Crippen molar-refractivity contribution in [3.63, 3.8) is 0 Å². The van der Waals surface area contributed by atoms with E-state index in [4.69, 9.17) is 0 Å². The Hall–Kier alpha value is -2.21. The van der Waals surface area contributed by atoms with Crippen LogP contribution in [-0.4, -0.2) is 39.1 Å². The maximum atomic E-state index is 12.4. The number of aromatic amines is 1. The van der Waals surface area contributed by atoms with Crippen LogP contribution in [0.25, 0.3) is 0 Å². The Morgan fingerprint density at radius 3 is 2.82 bits per heavy atom. The van der Waals surface area contributed by atoms with E-state index in [2.05, 4.69) is 44.5 Å². The van der Waals surface area contributed by atoms with Gasteiger partial charge in [0.1, 0.15) is 5.82 Å². The predicted octanol–water partition coefficient (Wildman–Crippen LogP) is 1.82. The average Bonchev–Trinajstić information content (AvgIpc) is 3.06. The first-order valence-electron chi connectivity index (χ1n) is 7.58. The molecule has 0 spiro atoms. The summed E-state index contributed by atoms with van der Waals surface area (Å²) in [6, 6.07) is 10.4. The topological polar surface area (TPSA) is 73.9 Å². The highest BCUT2D eigenvalue weighted by Crippen LogP contribution is 2.25. The minimum Gasteiger partial charge on any atom is -0.298 e. The molecular weight excluding hydrogens is 278 g/mol. The number of H-pyrrole nitrogens is 1. The van der Waals surface area contributed by atoms with E-state index in [1.165, 1.54) is 5.56 Å². The van der Waals surface area contributed by atoms with Gasteiger partial charge in [0.2, 0.25) is 11.9 Å². The number of aromatic nitrogens is 3. The lowest BCUT2D eigenvalue weighted by Crippen LogP contribution is -2.29. The number of likely N-dealkylation sites (tertiary alicyclic amines) is 1. The molecule has 2 aromatic rings. The Balaban J connectivity index is 1.59. The number of rotatable bonds is 4. The van der Waals surface area contributed by atoms with E-state index in [1.807, 2.05) is 25.1 Å². The minimum absolute atomic E-state index is 0.00191. The number of nitrogens with zero attached hydrogens (tertiary/aromatic N) is 3. The monoisotopic (exact) mass is 299 g/mol. The second-order valence-corrected chi connectivity index (χ2v) is 6.00. The van der Waals surface area contributed by atoms with E-state index in [0.717, 1.165) is 19.6 Å². The molecule has 1 amide bonds. The van der Waals surface area contributed by atoms with Crippen molar-refractivity contribution in [2.24, 2.45) is 11.8 Å². The van der Waals surface area contributed by atoms with E-state index in [0.29, 0.717) is 17.7 Å². The molecule has 6 heteroatoms. The first kappa shape index (κ1) is 14.7. The fourth-order valence-corrected chi connectivity index (χ4v) is 2.98. The molecule has 1 aliphatic heterocycles. The number of carbonyl (C=O) groups excluding carboxylic acids is 1. The van der Waals surface area contributed by atoms with Crippen LogP contribution in [0.4, 0.5) is 5.95 Å². The van der Waals surface area contributed by atoms with Crippen LogP contribution in [0, 0.1) is 18.8 Å². The van der Waals surface area contributed by atoms with Crippen molar-refractivity contribution in [3.05, 3.63) is 41.7 Å². The number of nitrogens with one attached hydrogen (secondary N) is 2. The van der Waals surface area contributed by atoms with Crippen molar-refractivity contribution in [2.45, 2.75) is 20.4 Å². The van der Waals surface area contributed by atoms with Crippen molar-refractivity contribution in [1.82, 2.24) is 20.1 Å². The van der Waals surface area contributed by atoms with Gasteiger partial charge in [0, 0.05) is 19.6 Å². The Kier molecular flexibility index (Phi) is 4.20. The fourth-order valence-electron chi connectivity index (χ4n) is 2.98. The van der Waals surface area contributed by atoms with Crippen molar-refractivity contribution >= 4 is 11.9 Å². The molecule has 1 fully saturated rings. The second-order valence-electron chi connectivity index (χ2n) is 6.00. The maximum absolute atomic E-state index is 12.4. The summed E-state index contributed by atoms with van der Waals surface area (Å²) in [5, 5.41) is 9.49. The predicted molar refractivity (Wildman–Crippen MR) is 84.1 cm³/mol. The summed E-state index contributed by atoms with van der Waals surface area (Å²) in [6.45, 7) is 6.51. The van der Waals surface area contributed by atoms with Gasteiger partial charge in [-0.05, 0) is 18.4 Å². The SMILES string of the molecule is Cc1nc(NC(=O)[C@@H]2CN(Cc3ccccc3)C[C@H]2C)n[nH]1. The normalized spacial score (nSPS) is 21.9. The highest BCUT2D eigenvalue weighted by molar-refractivity contribution is 5.91. The van der Waals surface area contributed by atoms with Crippen LogP contribution in [0.1, 0.15) is 18.3 Å². The smallest absolute Gasteiger partial charge is 0.248 e. The molecule has 0 bridgehead atoms. The molecule has 0 unspecified atom stereocenters. The van der Waals surface area contributed by atoms with Gasteiger partial charge in [-0.15, -0.1) is 5.10 Å². The zero-order valence-electron chi connectivity index (χ0n) is 12.9. The van der Waals surface area contributed by atoms with Gasteiger partial charge in [-0.3, -0.25) is 20.1 Å². The lowest BCUT2D eigenvalue weighted by atomic mass is 9.97. The first-order chi connectivity index (χ1) is 10.6. The summed E-state index contributed by atoms with van der Waals surface area (Å²) in [7, 11) is 0. The highest BCUT2D eigenvalue weighted by atomic mass is 16.2. The molecule has 0 radical (unpaired) electrons. The fraction of sp³-hybridized carbons (Fsp3) is 0.438. The van der Waals surface area contributed by atoms with Crippen LogP contribution in [-0.2, 0) is 11.3 Å². The standard InChI is InChI=1S/C16H21N5O/c1-11-8-21(9-13-6-4-3-5-7-13)10-14(11)15(22)18-16-17-12(2)19-20-16/h3-7,11,14H,8-10H2,1-2H3,(H2,17,18,19,20,22)/t11-,14-/m1/s1. The van der Waals surface area contributed by atoms with E-state index < -0.39 is 0 Å². The molecule has 1 aliphatic rings. The van der Waals surface area contributed by atoms with E-state index >= 15 is 0 Å². The second kappa shape index (κ2) is 6.27. The van der Waals surface area contributed by atoms with Crippen LogP contribution in [0.3, 0.4) is 0 Å². The molecule has 0 aliphatic carbocycles. The highest BCUT2D eigenvalue weighted by Gasteiger charge is 2.35. The molecule has 0 saturated carbocycles. The summed E-state index contributed by atoms with van der Waals surface area (Å²) in [5.41, 5.74) is 1.28. The Labute approximate surface area is 129 Å². The van der Waals surface area contributed by atoms with Crippen molar-refractivity contribution in [2.75, 3.05) is 18.4 Å². The maximum Gasteiger partial charge on any atom is 0.248 e. The Bertz CT molecular complexity index is 639. The van der Waals surface area contributed by atoms with Gasteiger partial charge in [-0.2, -0.15) is 4.98 Å². The summed E-state index contributed by atoms with van der Waals surface area (Å²) in [6.07, 6.45) is 0. The number of carbonyl (C=O) groups is 1. The number of hydrogen-bond acceptors (Lipinski definition) is 4. The van der Waals surface area contributed by atoms with Gasteiger partial charge in [-0.1, -0.05) is 37.3 Å². The van der Waals surface area contributed by atoms with Crippen molar-refractivity contribution in [1.29, 1.82) is 0 Å². The van der Waals surface area contributed by atoms with Crippen molar-refractivity contribution in [3.8, 4) is 0 Å². The van der Waals surface area contributed by atoms with Gasteiger partial charge in [0.15, 0.2) is 0 Å². The number of hydrogen-bond donors (Lipinski definition) is 2. The van der Waals surface area contributed by atoms with Crippen molar-refractivity contribution < 1.29 is 4.79 Å². The third-order valence-corrected chi connectivity index (χ3v) is 4.11. The summed E-state index contributed by atoms with van der Waals surface area (Å²) in [5.74, 6) is 1.35. The third kappa shape index (κ3) is 3.33. The Morgan fingerprint density at radius 2 is 2.14 bits per heavy atom. The number of benzene rings is 1. The molecule has 22 heavy (non-hydrogen) atoms. The molecule has 1 aromatic carbocycles. The molecule has 1 saturated heterocycles. The summed E-state index contributed by atoms with van der Waals surface area (Å²) in [4.78, 5) is 18.8. The summed E-state index contributed by atoms with van der Waals surface area (Å²) < 4.78 is 0. The molecule has 1 aromatic heterocycles. The zero-order chi connectivity index (χ0) is 15.5. The van der Waals surface area contributed by atoms with Crippen LogP contribution >= 0.6 is 0 Å². The van der Waals surface area contributed by atoms with Gasteiger partial charge in [0.25, 0.3) is 0 Å². The van der Waals surface area contributed by atoms with Gasteiger partial charge >= 0.3 is 0 Å². The average molecular weight is 299 g/mol. The number of anilines is 1. The minimum atomic E-state index is -0.0254. The molecular formula is C16H21N5O. The largest absolute Gasteiger partial charge is 0.298 e. The number of aryl methyl sites for hydroxylation is 1. The number of amides is 1. The third-order valence-electron chi connectivity index (χ3n) is 4.11. The lowest BCUT2D eigenvalue weighted by Gasteiger charge is -2.15. The zero-order valence-corrected chi connectivity index (χ0v) is 12.9. The van der Waals surface area contributed by atoms with Crippen LogP contribution in [0.2, 0.25) is 0 Å². The van der Waals surface area contributed by atoms with Gasteiger partial charge in [-0.25, -0.2) is 0 Å². The van der Waals surface area contributed by atoms with Crippen LogP contribution < -0.4 is 5.32 Å². The van der Waals surface area contributed by atoms with Gasteiger partial charge in [0.05, 0.1) is 5.92 Å². The molecule has 2 N–H and O–H groups in total. The Morgan fingerprint density at radius 1 is 1.36 bits per heavy atom. The van der Waals surface area contributed by atoms with E-state index in [1.54, 1.807) is 0 Å². The molecule has 2 heterocycles. The summed E-state index contributed by atoms with van der Waals surface area (Å²) >= 11 is 0. The molecule has 116 valence electrons. The lowest BCUT2D eigenvalue weighted by molar-refractivity contribution is -0.120. The quantitative estimate of drug-likeness (QED) is 0.903. The molecule has 6 nitrogen and oxygen atoms in total.